The van der Waals surface area contributed by atoms with Gasteiger partial charge in [0.15, 0.2) is 0 Å². The summed E-state index contributed by atoms with van der Waals surface area (Å²) in [5, 5.41) is 0. The van der Waals surface area contributed by atoms with Crippen molar-refractivity contribution >= 4 is 26.3 Å². The maximum absolute atomic E-state index is 3.26. The Morgan fingerprint density at radius 3 is 1.44 bits per heavy atom. The predicted molar refractivity (Wildman–Crippen MR) is 75.7 cm³/mol. The summed E-state index contributed by atoms with van der Waals surface area (Å²) in [5.41, 5.74) is 0. The Hall–Kier alpha value is 0.159. The number of rotatable bonds is 5. The molecule has 0 rings (SSSR count). The molecule has 0 N–H and O–H groups in total. The van der Waals surface area contributed by atoms with Crippen molar-refractivity contribution in [2.75, 3.05) is 0 Å². The summed E-state index contributed by atoms with van der Waals surface area (Å²) in [5.74, 6) is 12.8. The van der Waals surface area contributed by atoms with Gasteiger partial charge in [0.05, 0.1) is 0 Å². The van der Waals surface area contributed by atoms with Crippen LogP contribution in [0.25, 0.3) is 0 Å². The first-order valence-corrected chi connectivity index (χ1v) is 12.2. The molecule has 2 unspecified atom stereocenters. The van der Waals surface area contributed by atoms with Crippen molar-refractivity contribution in [2.45, 2.75) is 63.0 Å². The van der Waals surface area contributed by atoms with E-state index in [1.807, 2.05) is 0 Å². The first-order valence-electron chi connectivity index (χ1n) is 5.94. The van der Waals surface area contributed by atoms with Gasteiger partial charge in [-0.1, -0.05) is 0 Å². The normalized spacial score (nSPS) is 13.0. The first kappa shape index (κ1) is 16.2. The summed E-state index contributed by atoms with van der Waals surface area (Å²) in [4.78, 5) is 1.65. The van der Waals surface area contributed by atoms with Crippen LogP contribution >= 0.6 is 0 Å². The molecule has 0 fully saturated rings. The van der Waals surface area contributed by atoms with Gasteiger partial charge in [0.1, 0.15) is 0 Å². The Labute approximate surface area is 113 Å². The maximum atomic E-state index is 3.26. The van der Waals surface area contributed by atoms with Crippen LogP contribution in [0.1, 0.15) is 53.4 Å². The molecular formula is C14H22Se2. The van der Waals surface area contributed by atoms with E-state index in [2.05, 4.69) is 51.4 Å². The average molecular weight is 348 g/mol. The van der Waals surface area contributed by atoms with Crippen LogP contribution < -0.4 is 0 Å². The van der Waals surface area contributed by atoms with Crippen LogP contribution in [0, 0.1) is 23.7 Å². The Kier molecular flexibility index (Phi) is 11.8. The molecule has 0 heterocycles. The summed E-state index contributed by atoms with van der Waals surface area (Å²) in [6, 6.07) is 0. The zero-order chi connectivity index (χ0) is 12.2. The van der Waals surface area contributed by atoms with Crippen molar-refractivity contribution in [3.63, 3.8) is 0 Å². The van der Waals surface area contributed by atoms with E-state index < -0.39 is 0 Å². The van der Waals surface area contributed by atoms with Gasteiger partial charge in [-0.2, -0.15) is 0 Å². The van der Waals surface area contributed by atoms with Crippen LogP contribution in [0.4, 0.5) is 0 Å². The van der Waals surface area contributed by atoms with Gasteiger partial charge in [0, 0.05) is 0 Å². The molecule has 0 bridgehead atoms. The second-order valence-corrected chi connectivity index (χ2v) is 12.0. The van der Waals surface area contributed by atoms with E-state index in [-0.39, 0.29) is 0 Å². The van der Waals surface area contributed by atoms with E-state index >= 15 is 0 Å². The van der Waals surface area contributed by atoms with E-state index in [1.165, 1.54) is 0 Å². The Morgan fingerprint density at radius 2 is 1.12 bits per heavy atom. The zero-order valence-corrected chi connectivity index (χ0v) is 14.2. The SMILES string of the molecule is CCC#CCC(C)[Se][Se]C(C)CC#CCC. The molecular weight excluding hydrogens is 326 g/mol. The van der Waals surface area contributed by atoms with Gasteiger partial charge in [-0.3, -0.25) is 0 Å². The number of hydrogen-bond donors (Lipinski definition) is 0. The van der Waals surface area contributed by atoms with Crippen molar-refractivity contribution in [1.82, 2.24) is 0 Å². The standard InChI is InChI=1S/C14H22Se2/c1-5-7-9-11-13(3)15-16-14(4)12-10-8-6-2/h13-14H,5-6,11-12H2,1-4H3. The van der Waals surface area contributed by atoms with E-state index in [1.54, 1.807) is 0 Å². The predicted octanol–water partition coefficient (Wildman–Crippen LogP) is 3.53. The molecule has 0 saturated heterocycles. The van der Waals surface area contributed by atoms with Crippen molar-refractivity contribution in [3.05, 3.63) is 0 Å². The van der Waals surface area contributed by atoms with Gasteiger partial charge >= 0.3 is 113 Å². The Bertz CT molecular complexity index is 245. The van der Waals surface area contributed by atoms with Crippen molar-refractivity contribution in [3.8, 4) is 23.7 Å². The fourth-order valence-electron chi connectivity index (χ4n) is 0.940. The Balaban J connectivity index is 3.62. The number of hydrogen-bond acceptors (Lipinski definition) is 0. The molecule has 0 aromatic carbocycles. The van der Waals surface area contributed by atoms with Crippen LogP contribution in [0.5, 0.6) is 0 Å². The molecule has 2 atom stereocenters. The van der Waals surface area contributed by atoms with Crippen LogP contribution in [0.15, 0.2) is 0 Å². The van der Waals surface area contributed by atoms with Gasteiger partial charge in [-0.25, -0.2) is 0 Å². The van der Waals surface area contributed by atoms with Gasteiger partial charge in [-0.15, -0.1) is 0 Å². The molecule has 0 nitrogen and oxygen atoms in total. The fraction of sp³-hybridized carbons (Fsp3) is 0.714. The molecule has 0 amide bonds. The minimum atomic E-state index is 0.794. The molecule has 16 heavy (non-hydrogen) atoms. The van der Waals surface area contributed by atoms with Crippen LogP contribution in [-0.2, 0) is 0 Å². The molecule has 0 aromatic heterocycles. The summed E-state index contributed by atoms with van der Waals surface area (Å²) in [6.45, 7) is 8.91. The minimum absolute atomic E-state index is 0.794. The molecule has 0 aliphatic heterocycles. The topological polar surface area (TPSA) is 0 Å². The van der Waals surface area contributed by atoms with Crippen molar-refractivity contribution in [2.24, 2.45) is 0 Å². The van der Waals surface area contributed by atoms with Gasteiger partial charge < -0.3 is 0 Å². The average Bonchev–Trinajstić information content (AvgIpc) is 2.27. The molecule has 0 spiro atoms. The van der Waals surface area contributed by atoms with E-state index in [0.29, 0.717) is 0 Å². The van der Waals surface area contributed by atoms with E-state index in [0.717, 1.165) is 61.6 Å². The molecule has 0 aromatic rings. The van der Waals surface area contributed by atoms with Crippen LogP contribution in [0.2, 0.25) is 9.63 Å². The molecule has 2 heteroatoms. The van der Waals surface area contributed by atoms with Gasteiger partial charge in [0.25, 0.3) is 0 Å². The van der Waals surface area contributed by atoms with Crippen LogP contribution in [0.3, 0.4) is 0 Å². The quantitative estimate of drug-likeness (QED) is 0.527. The second-order valence-electron chi connectivity index (χ2n) is 3.64. The van der Waals surface area contributed by atoms with Gasteiger partial charge in [0.2, 0.25) is 0 Å². The van der Waals surface area contributed by atoms with Crippen LogP contribution in [-0.4, -0.2) is 26.3 Å². The first-order chi connectivity index (χ1) is 7.70. The Morgan fingerprint density at radius 1 is 0.750 bits per heavy atom. The third-order valence-corrected chi connectivity index (χ3v) is 12.5. The van der Waals surface area contributed by atoms with Crippen molar-refractivity contribution < 1.29 is 0 Å². The summed E-state index contributed by atoms with van der Waals surface area (Å²) in [6.07, 6.45) is 4.19. The third-order valence-electron chi connectivity index (χ3n) is 1.77. The molecule has 0 aliphatic carbocycles. The fourth-order valence-corrected chi connectivity index (χ4v) is 7.99. The second kappa shape index (κ2) is 11.6. The summed E-state index contributed by atoms with van der Waals surface area (Å²) in [7, 11) is 0. The van der Waals surface area contributed by atoms with E-state index in [4.69, 9.17) is 0 Å². The van der Waals surface area contributed by atoms with Gasteiger partial charge in [-0.05, 0) is 0 Å². The zero-order valence-electron chi connectivity index (χ0n) is 10.8. The molecule has 0 radical (unpaired) electrons. The van der Waals surface area contributed by atoms with E-state index in [9.17, 15) is 0 Å². The van der Waals surface area contributed by atoms with Crippen molar-refractivity contribution in [1.29, 1.82) is 0 Å². The summed E-state index contributed by atoms with van der Waals surface area (Å²) < 4.78 is 0. The molecule has 0 aliphatic rings. The monoisotopic (exact) mass is 350 g/mol. The molecule has 0 saturated carbocycles. The third kappa shape index (κ3) is 10.7. The molecule has 90 valence electrons. The summed E-state index contributed by atoms with van der Waals surface area (Å²) >= 11 is 1.59.